The average Bonchev–Trinajstić information content (AvgIpc) is 2.56. The quantitative estimate of drug-likeness (QED) is 0.811. The molecule has 4 rings (SSSR count). The molecule has 0 N–H and O–H groups in total. The summed E-state index contributed by atoms with van der Waals surface area (Å²) in [6.45, 7) is 2.94. The van der Waals surface area contributed by atoms with Crippen molar-refractivity contribution in [2.45, 2.75) is 0 Å². The van der Waals surface area contributed by atoms with Gasteiger partial charge in [-0.2, -0.15) is 0 Å². The van der Waals surface area contributed by atoms with E-state index in [9.17, 15) is 4.79 Å². The third-order valence-electron chi connectivity index (χ3n) is 3.97. The molecule has 112 valence electrons. The molecule has 2 aromatic rings. The summed E-state index contributed by atoms with van der Waals surface area (Å²) < 4.78 is 11.2. The summed E-state index contributed by atoms with van der Waals surface area (Å²) in [4.78, 5) is 16.4. The second-order valence-electron chi connectivity index (χ2n) is 5.29. The normalized spacial score (nSPS) is 15.8. The van der Waals surface area contributed by atoms with E-state index in [4.69, 9.17) is 9.47 Å². The van der Waals surface area contributed by atoms with Gasteiger partial charge in [-0.05, 0) is 24.3 Å². The molecule has 5 heteroatoms. The van der Waals surface area contributed by atoms with Gasteiger partial charge in [0.2, 0.25) is 0 Å². The van der Waals surface area contributed by atoms with Crippen LogP contribution >= 0.6 is 0 Å². The van der Waals surface area contributed by atoms with Gasteiger partial charge in [-0.25, -0.2) is 4.79 Å². The number of benzene rings is 2. The number of para-hydroxylation sites is 2. The number of carbonyl (C=O) groups excluding carboxylic acids is 1. The van der Waals surface area contributed by atoms with E-state index in [0.717, 1.165) is 30.2 Å². The van der Waals surface area contributed by atoms with Crippen molar-refractivity contribution in [3.63, 3.8) is 0 Å². The summed E-state index contributed by atoms with van der Waals surface area (Å²) in [5, 5.41) is 0. The zero-order valence-corrected chi connectivity index (χ0v) is 12.1. The molecule has 2 heterocycles. The van der Waals surface area contributed by atoms with Crippen LogP contribution in [0.4, 0.5) is 16.2 Å². The van der Waals surface area contributed by atoms with Gasteiger partial charge in [0.05, 0.1) is 12.2 Å². The van der Waals surface area contributed by atoms with E-state index < -0.39 is 0 Å². The first-order valence-corrected chi connectivity index (χ1v) is 7.38. The molecule has 0 unspecified atom stereocenters. The molecule has 0 spiro atoms. The molecule has 2 aromatic carbocycles. The number of rotatable bonds is 1. The fraction of sp³-hybridized carbons (Fsp3) is 0.235. The smallest absolute Gasteiger partial charge is 0.419 e. The predicted octanol–water partition coefficient (Wildman–Crippen LogP) is 2.90. The van der Waals surface area contributed by atoms with Crippen LogP contribution in [0.5, 0.6) is 11.5 Å². The molecule has 5 nitrogen and oxygen atoms in total. The molecule has 22 heavy (non-hydrogen) atoms. The van der Waals surface area contributed by atoms with Gasteiger partial charge in [-0.15, -0.1) is 0 Å². The molecule has 0 aliphatic carbocycles. The van der Waals surface area contributed by atoms with Crippen LogP contribution in [-0.2, 0) is 0 Å². The van der Waals surface area contributed by atoms with Crippen molar-refractivity contribution in [3.8, 4) is 11.5 Å². The van der Waals surface area contributed by atoms with Crippen LogP contribution in [0.1, 0.15) is 0 Å². The number of amides is 1. The van der Waals surface area contributed by atoms with Crippen molar-refractivity contribution in [2.75, 3.05) is 36.0 Å². The zero-order chi connectivity index (χ0) is 14.9. The lowest BCUT2D eigenvalue weighted by Crippen LogP contribution is -2.47. The van der Waals surface area contributed by atoms with Gasteiger partial charge in [-0.1, -0.05) is 24.3 Å². The van der Waals surface area contributed by atoms with Crippen molar-refractivity contribution < 1.29 is 14.3 Å². The highest BCUT2D eigenvalue weighted by molar-refractivity contribution is 5.96. The van der Waals surface area contributed by atoms with Crippen molar-refractivity contribution in [2.24, 2.45) is 0 Å². The molecule has 2 aliphatic rings. The molecular formula is C17H16N2O3. The second kappa shape index (κ2) is 5.26. The summed E-state index contributed by atoms with van der Waals surface area (Å²) in [6.07, 6.45) is -0.357. The highest BCUT2D eigenvalue weighted by Gasteiger charge is 2.32. The Morgan fingerprint density at radius 2 is 1.86 bits per heavy atom. The molecule has 0 bridgehead atoms. The van der Waals surface area contributed by atoms with E-state index in [-0.39, 0.29) is 6.09 Å². The Labute approximate surface area is 128 Å². The number of carbonyl (C=O) groups is 1. The van der Waals surface area contributed by atoms with Crippen LogP contribution < -0.4 is 19.3 Å². The standard InChI is InChI=1S/C17H16N2O3/c20-17(22-13-5-2-1-3-6-13)19-10-9-18-11-12-21-15-8-4-7-14(19)16(15)18/h1-8H,9-12H2. The van der Waals surface area contributed by atoms with Crippen molar-refractivity contribution >= 4 is 17.5 Å². The third kappa shape index (κ3) is 2.15. The Balaban J connectivity index is 1.65. The van der Waals surface area contributed by atoms with E-state index in [1.165, 1.54) is 0 Å². The lowest BCUT2D eigenvalue weighted by atomic mass is 10.1. The van der Waals surface area contributed by atoms with Crippen LogP contribution in [-0.4, -0.2) is 32.3 Å². The fourth-order valence-corrected chi connectivity index (χ4v) is 2.94. The van der Waals surface area contributed by atoms with E-state index in [1.807, 2.05) is 36.4 Å². The molecule has 0 atom stereocenters. The summed E-state index contributed by atoms with van der Waals surface area (Å²) in [6, 6.07) is 14.9. The van der Waals surface area contributed by atoms with Crippen LogP contribution in [0.25, 0.3) is 0 Å². The maximum absolute atomic E-state index is 12.5. The number of hydrogen-bond donors (Lipinski definition) is 0. The maximum Gasteiger partial charge on any atom is 0.419 e. The van der Waals surface area contributed by atoms with Crippen LogP contribution in [0.3, 0.4) is 0 Å². The van der Waals surface area contributed by atoms with Gasteiger partial charge in [-0.3, -0.25) is 4.90 Å². The van der Waals surface area contributed by atoms with Gasteiger partial charge in [0.15, 0.2) is 0 Å². The van der Waals surface area contributed by atoms with Crippen molar-refractivity contribution in [1.82, 2.24) is 0 Å². The first-order valence-electron chi connectivity index (χ1n) is 7.38. The minimum Gasteiger partial charge on any atom is -0.489 e. The summed E-state index contributed by atoms with van der Waals surface area (Å²) in [7, 11) is 0. The molecule has 0 fully saturated rings. The average molecular weight is 296 g/mol. The highest BCUT2D eigenvalue weighted by atomic mass is 16.6. The first-order chi connectivity index (χ1) is 10.8. The fourth-order valence-electron chi connectivity index (χ4n) is 2.94. The summed E-state index contributed by atoms with van der Waals surface area (Å²) in [5.41, 5.74) is 1.84. The Morgan fingerprint density at radius 1 is 1.00 bits per heavy atom. The van der Waals surface area contributed by atoms with E-state index in [1.54, 1.807) is 17.0 Å². The predicted molar refractivity (Wildman–Crippen MR) is 84.0 cm³/mol. The van der Waals surface area contributed by atoms with Crippen molar-refractivity contribution in [1.29, 1.82) is 0 Å². The molecule has 0 saturated carbocycles. The van der Waals surface area contributed by atoms with Crippen LogP contribution in [0.15, 0.2) is 48.5 Å². The Bertz CT molecular complexity index is 702. The lowest BCUT2D eigenvalue weighted by molar-refractivity contribution is 0.207. The zero-order valence-electron chi connectivity index (χ0n) is 12.1. The maximum atomic E-state index is 12.5. The van der Waals surface area contributed by atoms with Gasteiger partial charge in [0.25, 0.3) is 0 Å². The highest BCUT2D eigenvalue weighted by Crippen LogP contribution is 2.42. The number of hydrogen-bond acceptors (Lipinski definition) is 4. The third-order valence-corrected chi connectivity index (χ3v) is 3.97. The SMILES string of the molecule is O=C(Oc1ccccc1)N1CCN2CCOc3cccc1c32. The first kappa shape index (κ1) is 13.0. The Morgan fingerprint density at radius 3 is 2.73 bits per heavy atom. The minimum atomic E-state index is -0.357. The molecular weight excluding hydrogens is 280 g/mol. The minimum absolute atomic E-state index is 0.357. The Hall–Kier alpha value is -2.69. The van der Waals surface area contributed by atoms with Crippen LogP contribution in [0.2, 0.25) is 0 Å². The van der Waals surface area contributed by atoms with Gasteiger partial charge < -0.3 is 14.4 Å². The number of anilines is 2. The van der Waals surface area contributed by atoms with Crippen molar-refractivity contribution in [3.05, 3.63) is 48.5 Å². The van der Waals surface area contributed by atoms with E-state index >= 15 is 0 Å². The molecule has 0 aromatic heterocycles. The van der Waals surface area contributed by atoms with E-state index in [0.29, 0.717) is 18.9 Å². The van der Waals surface area contributed by atoms with Gasteiger partial charge in [0.1, 0.15) is 23.8 Å². The Kier molecular flexibility index (Phi) is 3.11. The van der Waals surface area contributed by atoms with Crippen LogP contribution in [0, 0.1) is 0 Å². The largest absolute Gasteiger partial charge is 0.489 e. The summed E-state index contributed by atoms with van der Waals surface area (Å²) in [5.74, 6) is 1.39. The monoisotopic (exact) mass is 296 g/mol. The molecule has 0 radical (unpaired) electrons. The van der Waals surface area contributed by atoms with Gasteiger partial charge >= 0.3 is 6.09 Å². The number of nitrogens with zero attached hydrogens (tertiary/aromatic N) is 2. The molecule has 2 aliphatic heterocycles. The lowest BCUT2D eigenvalue weighted by Gasteiger charge is -2.40. The molecule has 1 amide bonds. The van der Waals surface area contributed by atoms with Gasteiger partial charge in [0, 0.05) is 13.1 Å². The topological polar surface area (TPSA) is 42.0 Å². The summed E-state index contributed by atoms with van der Waals surface area (Å²) >= 11 is 0. The second-order valence-corrected chi connectivity index (χ2v) is 5.29. The number of ether oxygens (including phenoxy) is 2. The van der Waals surface area contributed by atoms with E-state index in [2.05, 4.69) is 4.90 Å². The molecule has 0 saturated heterocycles.